The molecule has 0 aliphatic rings. The summed E-state index contributed by atoms with van der Waals surface area (Å²) >= 11 is 3.26. The van der Waals surface area contributed by atoms with Crippen LogP contribution in [-0.4, -0.2) is 37.8 Å². The van der Waals surface area contributed by atoms with Crippen LogP contribution in [0.2, 0.25) is 0 Å². The fourth-order valence-electron chi connectivity index (χ4n) is 1.13. The zero-order valence-electron chi connectivity index (χ0n) is 9.28. The zero-order valence-corrected chi connectivity index (χ0v) is 10.9. The number of carbonyl (C=O) groups is 2. The smallest absolute Gasteiger partial charge is 0.294 e. The molecule has 0 spiro atoms. The van der Waals surface area contributed by atoms with Crippen LogP contribution in [0.15, 0.2) is 22.7 Å². The summed E-state index contributed by atoms with van der Waals surface area (Å²) < 4.78 is 5.68. The number of Topliss-reactive ketones (excluding diaryl/α,β-unsaturated/α-hetero) is 1. The maximum Gasteiger partial charge on any atom is 0.294 e. The average Bonchev–Trinajstić information content (AvgIpc) is 2.26. The summed E-state index contributed by atoms with van der Waals surface area (Å²) in [5, 5.41) is 0. The normalized spacial score (nSPS) is 9.75. The molecule has 1 aromatic rings. The van der Waals surface area contributed by atoms with E-state index in [1.165, 1.54) is 12.0 Å². The summed E-state index contributed by atoms with van der Waals surface area (Å²) in [5.41, 5.74) is 0.339. The van der Waals surface area contributed by atoms with E-state index in [-0.39, 0.29) is 0 Å². The molecule has 0 atom stereocenters. The largest absolute Gasteiger partial charge is 0.496 e. The third-order valence-corrected chi connectivity index (χ3v) is 2.63. The number of methoxy groups -OCH3 is 1. The molecular weight excluding hydrogens is 274 g/mol. The molecule has 1 amide bonds. The van der Waals surface area contributed by atoms with Crippen molar-refractivity contribution in [3.63, 3.8) is 0 Å². The monoisotopic (exact) mass is 285 g/mol. The SMILES string of the molecule is COc1ccc(C(=O)C(=O)N(C)C)cc1Br. The second-order valence-electron chi connectivity index (χ2n) is 3.38. The van der Waals surface area contributed by atoms with Crippen LogP contribution >= 0.6 is 15.9 Å². The third-order valence-electron chi connectivity index (χ3n) is 2.01. The van der Waals surface area contributed by atoms with Crippen LogP contribution in [0, 0.1) is 0 Å². The van der Waals surface area contributed by atoms with E-state index in [1.807, 2.05) is 0 Å². The molecule has 86 valence electrons. The molecule has 0 aromatic heterocycles. The Bertz CT molecular complexity index is 429. The van der Waals surface area contributed by atoms with Crippen molar-refractivity contribution in [2.24, 2.45) is 0 Å². The van der Waals surface area contributed by atoms with Crippen LogP contribution in [0.25, 0.3) is 0 Å². The minimum atomic E-state index is -0.544. The van der Waals surface area contributed by atoms with Crippen molar-refractivity contribution >= 4 is 27.6 Å². The Morgan fingerprint density at radius 3 is 2.38 bits per heavy atom. The van der Waals surface area contributed by atoms with Crippen molar-refractivity contribution in [1.82, 2.24) is 4.90 Å². The lowest BCUT2D eigenvalue weighted by molar-refractivity contribution is -0.124. The molecule has 16 heavy (non-hydrogen) atoms. The second-order valence-corrected chi connectivity index (χ2v) is 4.23. The molecule has 5 heteroatoms. The van der Waals surface area contributed by atoms with Crippen molar-refractivity contribution in [2.45, 2.75) is 0 Å². The van der Waals surface area contributed by atoms with Gasteiger partial charge in [-0.05, 0) is 34.1 Å². The number of rotatable bonds is 3. The molecule has 0 saturated heterocycles. The van der Waals surface area contributed by atoms with E-state index < -0.39 is 11.7 Å². The summed E-state index contributed by atoms with van der Waals surface area (Å²) in [6.07, 6.45) is 0. The first-order valence-electron chi connectivity index (χ1n) is 4.57. The topological polar surface area (TPSA) is 46.6 Å². The summed E-state index contributed by atoms with van der Waals surface area (Å²) in [6.45, 7) is 0. The van der Waals surface area contributed by atoms with Crippen LogP contribution in [0.1, 0.15) is 10.4 Å². The van der Waals surface area contributed by atoms with Crippen LogP contribution in [0.5, 0.6) is 5.75 Å². The lowest BCUT2D eigenvalue weighted by Crippen LogP contribution is -2.29. The Morgan fingerprint density at radius 2 is 1.94 bits per heavy atom. The van der Waals surface area contributed by atoms with Crippen molar-refractivity contribution in [3.8, 4) is 5.75 Å². The van der Waals surface area contributed by atoms with E-state index >= 15 is 0 Å². The van der Waals surface area contributed by atoms with Gasteiger partial charge >= 0.3 is 0 Å². The van der Waals surface area contributed by atoms with Gasteiger partial charge in [0.1, 0.15) is 5.75 Å². The number of ether oxygens (including phenoxy) is 1. The van der Waals surface area contributed by atoms with Gasteiger partial charge in [0, 0.05) is 19.7 Å². The molecule has 4 nitrogen and oxygen atoms in total. The summed E-state index contributed by atoms with van der Waals surface area (Å²) in [6, 6.07) is 4.77. The van der Waals surface area contributed by atoms with E-state index in [1.54, 1.807) is 32.3 Å². The predicted octanol–water partition coefficient (Wildman–Crippen LogP) is 1.73. The van der Waals surface area contributed by atoms with E-state index in [2.05, 4.69) is 15.9 Å². The van der Waals surface area contributed by atoms with Crippen molar-refractivity contribution in [1.29, 1.82) is 0 Å². The van der Waals surface area contributed by atoms with E-state index in [9.17, 15) is 9.59 Å². The Morgan fingerprint density at radius 1 is 1.31 bits per heavy atom. The van der Waals surface area contributed by atoms with Crippen LogP contribution in [0.3, 0.4) is 0 Å². The molecule has 0 N–H and O–H groups in total. The van der Waals surface area contributed by atoms with Gasteiger partial charge < -0.3 is 9.64 Å². The highest BCUT2D eigenvalue weighted by Crippen LogP contribution is 2.25. The average molecular weight is 286 g/mol. The maximum absolute atomic E-state index is 11.7. The zero-order chi connectivity index (χ0) is 12.3. The minimum Gasteiger partial charge on any atom is -0.496 e. The molecule has 1 rings (SSSR count). The number of nitrogens with zero attached hydrogens (tertiary/aromatic N) is 1. The number of benzene rings is 1. The predicted molar refractivity (Wildman–Crippen MR) is 63.7 cm³/mol. The van der Waals surface area contributed by atoms with Crippen LogP contribution < -0.4 is 4.74 Å². The van der Waals surface area contributed by atoms with Crippen molar-refractivity contribution in [3.05, 3.63) is 28.2 Å². The second kappa shape index (κ2) is 5.12. The number of carbonyl (C=O) groups excluding carboxylic acids is 2. The van der Waals surface area contributed by atoms with Crippen LogP contribution in [0.4, 0.5) is 0 Å². The van der Waals surface area contributed by atoms with Crippen molar-refractivity contribution < 1.29 is 14.3 Å². The lowest BCUT2D eigenvalue weighted by atomic mass is 10.1. The highest BCUT2D eigenvalue weighted by Gasteiger charge is 2.18. The Labute approximate surface area is 102 Å². The van der Waals surface area contributed by atoms with Gasteiger partial charge in [-0.15, -0.1) is 0 Å². The fourth-order valence-corrected chi connectivity index (χ4v) is 1.67. The van der Waals surface area contributed by atoms with Gasteiger partial charge in [0.2, 0.25) is 5.78 Å². The first kappa shape index (κ1) is 12.7. The highest BCUT2D eigenvalue weighted by atomic mass is 79.9. The number of likely N-dealkylation sites (N-methyl/N-ethyl adjacent to an activating group) is 1. The van der Waals surface area contributed by atoms with Crippen molar-refractivity contribution in [2.75, 3.05) is 21.2 Å². The van der Waals surface area contributed by atoms with Gasteiger partial charge in [-0.25, -0.2) is 0 Å². The molecule has 0 heterocycles. The summed E-state index contributed by atoms with van der Waals surface area (Å²) in [4.78, 5) is 24.4. The Kier molecular flexibility index (Phi) is 4.06. The van der Waals surface area contributed by atoms with Crippen LogP contribution in [-0.2, 0) is 4.79 Å². The first-order valence-corrected chi connectivity index (χ1v) is 5.36. The molecule has 0 aliphatic heterocycles. The number of ketones is 1. The van der Waals surface area contributed by atoms with Gasteiger partial charge in [-0.2, -0.15) is 0 Å². The third kappa shape index (κ3) is 2.61. The van der Waals surface area contributed by atoms with Gasteiger partial charge in [0.25, 0.3) is 5.91 Å². The van der Waals surface area contributed by atoms with E-state index in [0.717, 1.165) is 0 Å². The molecule has 0 saturated carbocycles. The molecule has 0 fully saturated rings. The Balaban J connectivity index is 3.02. The number of hydrogen-bond donors (Lipinski definition) is 0. The summed E-state index contributed by atoms with van der Waals surface area (Å²) in [7, 11) is 4.62. The number of hydrogen-bond acceptors (Lipinski definition) is 3. The summed E-state index contributed by atoms with van der Waals surface area (Å²) in [5.74, 6) is -0.459. The van der Waals surface area contributed by atoms with Gasteiger partial charge in [-0.3, -0.25) is 9.59 Å². The molecule has 1 aromatic carbocycles. The highest BCUT2D eigenvalue weighted by molar-refractivity contribution is 9.10. The van der Waals surface area contributed by atoms with Gasteiger partial charge in [0.05, 0.1) is 11.6 Å². The minimum absolute atomic E-state index is 0.339. The molecular formula is C11H12BrNO3. The van der Waals surface area contributed by atoms with E-state index in [4.69, 9.17) is 4.74 Å². The molecule has 0 aliphatic carbocycles. The maximum atomic E-state index is 11.7. The lowest BCUT2D eigenvalue weighted by Gasteiger charge is -2.09. The molecule has 0 bridgehead atoms. The van der Waals surface area contributed by atoms with Gasteiger partial charge in [0.15, 0.2) is 0 Å². The quantitative estimate of drug-likeness (QED) is 0.628. The fraction of sp³-hybridized carbons (Fsp3) is 0.273. The van der Waals surface area contributed by atoms with E-state index in [0.29, 0.717) is 15.8 Å². The number of halogens is 1. The first-order chi connectivity index (χ1) is 7.47. The van der Waals surface area contributed by atoms with Gasteiger partial charge in [-0.1, -0.05) is 0 Å². The molecule has 0 radical (unpaired) electrons. The number of amides is 1. The standard InChI is InChI=1S/C11H12BrNO3/c1-13(2)11(15)10(14)7-4-5-9(16-3)8(12)6-7/h4-6H,1-3H3. The Hall–Kier alpha value is -1.36. The molecule has 0 unspecified atom stereocenters.